The van der Waals surface area contributed by atoms with Crippen LogP contribution in [0.5, 0.6) is 0 Å². The molecule has 100 valence electrons. The molecule has 1 amide bonds. The maximum Gasteiger partial charge on any atom is 0.221 e. The number of amides is 1. The normalized spacial score (nSPS) is 10.1. The molecular formula is C12H18BrN3O2. The third-order valence-corrected chi connectivity index (χ3v) is 2.80. The van der Waals surface area contributed by atoms with Gasteiger partial charge in [0, 0.05) is 31.1 Å². The summed E-state index contributed by atoms with van der Waals surface area (Å²) in [4.78, 5) is 11.4. The molecule has 0 spiro atoms. The molecule has 0 aliphatic heterocycles. The fraction of sp³-hybridized carbons (Fsp3) is 0.417. The van der Waals surface area contributed by atoms with Crippen LogP contribution >= 0.6 is 15.9 Å². The molecule has 1 aromatic rings. The number of carbonyl (C=O) groups is 1. The Labute approximate surface area is 115 Å². The zero-order chi connectivity index (χ0) is 13.4. The van der Waals surface area contributed by atoms with Crippen molar-refractivity contribution in [3.05, 3.63) is 22.7 Å². The number of rotatable bonds is 7. The van der Waals surface area contributed by atoms with Crippen molar-refractivity contribution < 1.29 is 9.53 Å². The first-order chi connectivity index (χ1) is 8.63. The molecule has 1 rings (SSSR count). The van der Waals surface area contributed by atoms with Gasteiger partial charge in [-0.25, -0.2) is 0 Å². The molecule has 0 atom stereocenters. The number of nitrogens with two attached hydrogens (primary N) is 1. The van der Waals surface area contributed by atoms with Gasteiger partial charge in [0.1, 0.15) is 0 Å². The quantitative estimate of drug-likeness (QED) is 0.527. The van der Waals surface area contributed by atoms with E-state index >= 15 is 0 Å². The average Bonchev–Trinajstić information content (AvgIpc) is 2.32. The lowest BCUT2D eigenvalue weighted by molar-refractivity contribution is -0.121. The lowest BCUT2D eigenvalue weighted by Gasteiger charge is -2.09. The third kappa shape index (κ3) is 5.37. The number of nitrogens with one attached hydrogen (secondary N) is 2. The van der Waals surface area contributed by atoms with Gasteiger partial charge in [0.25, 0.3) is 0 Å². The second kappa shape index (κ2) is 7.94. The Balaban J connectivity index is 2.26. The Morgan fingerprint density at radius 2 is 2.22 bits per heavy atom. The van der Waals surface area contributed by atoms with Gasteiger partial charge in [0.15, 0.2) is 0 Å². The van der Waals surface area contributed by atoms with E-state index in [2.05, 4.69) is 26.6 Å². The Hall–Kier alpha value is -1.27. The van der Waals surface area contributed by atoms with Crippen LogP contribution in [0.1, 0.15) is 6.42 Å². The van der Waals surface area contributed by atoms with Gasteiger partial charge < -0.3 is 21.1 Å². The van der Waals surface area contributed by atoms with Gasteiger partial charge in [-0.15, -0.1) is 0 Å². The number of anilines is 2. The van der Waals surface area contributed by atoms with Crippen LogP contribution in [0.25, 0.3) is 0 Å². The van der Waals surface area contributed by atoms with Crippen LogP contribution in [-0.2, 0) is 9.53 Å². The summed E-state index contributed by atoms with van der Waals surface area (Å²) in [6.45, 7) is 1.61. The minimum atomic E-state index is -0.00441. The topological polar surface area (TPSA) is 76.4 Å². The summed E-state index contributed by atoms with van der Waals surface area (Å²) >= 11 is 3.34. The van der Waals surface area contributed by atoms with Gasteiger partial charge in [-0.2, -0.15) is 0 Å². The van der Waals surface area contributed by atoms with Crippen molar-refractivity contribution in [2.75, 3.05) is 37.9 Å². The molecule has 0 radical (unpaired) electrons. The molecule has 0 saturated heterocycles. The number of methoxy groups -OCH3 is 1. The van der Waals surface area contributed by atoms with E-state index < -0.39 is 0 Å². The lowest BCUT2D eigenvalue weighted by Crippen LogP contribution is -2.28. The van der Waals surface area contributed by atoms with Crippen molar-refractivity contribution in [1.82, 2.24) is 5.32 Å². The SMILES string of the molecule is COCCNC(=O)CCNc1ccc(Br)cc1N. The van der Waals surface area contributed by atoms with Gasteiger partial charge in [-0.1, -0.05) is 15.9 Å². The number of ether oxygens (including phenoxy) is 1. The number of carbonyl (C=O) groups excluding carboxylic acids is 1. The first kappa shape index (κ1) is 14.8. The highest BCUT2D eigenvalue weighted by atomic mass is 79.9. The number of nitrogen functional groups attached to an aromatic ring is 1. The van der Waals surface area contributed by atoms with E-state index in [0.717, 1.165) is 10.2 Å². The van der Waals surface area contributed by atoms with Gasteiger partial charge in [-0.3, -0.25) is 4.79 Å². The monoisotopic (exact) mass is 315 g/mol. The predicted octanol–water partition coefficient (Wildman–Crippen LogP) is 1.60. The van der Waals surface area contributed by atoms with E-state index in [1.54, 1.807) is 7.11 Å². The van der Waals surface area contributed by atoms with Gasteiger partial charge in [-0.05, 0) is 18.2 Å². The van der Waals surface area contributed by atoms with Crippen LogP contribution in [0.15, 0.2) is 22.7 Å². The Morgan fingerprint density at radius 3 is 2.89 bits per heavy atom. The molecule has 0 fully saturated rings. The summed E-state index contributed by atoms with van der Waals surface area (Å²) in [7, 11) is 1.60. The first-order valence-corrected chi connectivity index (χ1v) is 6.47. The van der Waals surface area contributed by atoms with Crippen LogP contribution in [0, 0.1) is 0 Å². The lowest BCUT2D eigenvalue weighted by atomic mass is 10.2. The van der Waals surface area contributed by atoms with Crippen molar-refractivity contribution in [1.29, 1.82) is 0 Å². The zero-order valence-electron chi connectivity index (χ0n) is 10.3. The minimum Gasteiger partial charge on any atom is -0.397 e. The second-order valence-electron chi connectivity index (χ2n) is 3.75. The molecule has 0 unspecified atom stereocenters. The fourth-order valence-corrected chi connectivity index (χ4v) is 1.76. The van der Waals surface area contributed by atoms with Gasteiger partial charge >= 0.3 is 0 Å². The van der Waals surface area contributed by atoms with E-state index in [4.69, 9.17) is 10.5 Å². The summed E-state index contributed by atoms with van der Waals surface area (Å²) in [6, 6.07) is 5.60. The largest absolute Gasteiger partial charge is 0.397 e. The number of halogens is 1. The number of benzene rings is 1. The van der Waals surface area contributed by atoms with Crippen LogP contribution in [0.2, 0.25) is 0 Å². The van der Waals surface area contributed by atoms with Gasteiger partial charge in [0.05, 0.1) is 18.0 Å². The second-order valence-corrected chi connectivity index (χ2v) is 4.67. The maximum atomic E-state index is 11.4. The van der Waals surface area contributed by atoms with E-state index in [1.165, 1.54) is 0 Å². The number of hydrogen-bond acceptors (Lipinski definition) is 4. The molecule has 0 aliphatic rings. The number of hydrogen-bond donors (Lipinski definition) is 3. The van der Waals surface area contributed by atoms with Crippen LogP contribution < -0.4 is 16.4 Å². The Kier molecular flexibility index (Phi) is 6.53. The van der Waals surface area contributed by atoms with E-state index in [1.807, 2.05) is 18.2 Å². The van der Waals surface area contributed by atoms with E-state index in [-0.39, 0.29) is 5.91 Å². The first-order valence-electron chi connectivity index (χ1n) is 5.68. The van der Waals surface area contributed by atoms with Crippen molar-refractivity contribution >= 4 is 33.2 Å². The zero-order valence-corrected chi connectivity index (χ0v) is 11.9. The van der Waals surface area contributed by atoms with Crippen LogP contribution in [0.3, 0.4) is 0 Å². The molecule has 0 bridgehead atoms. The van der Waals surface area contributed by atoms with Crippen molar-refractivity contribution in [2.45, 2.75) is 6.42 Å². The van der Waals surface area contributed by atoms with Crippen LogP contribution in [-0.4, -0.2) is 32.7 Å². The Morgan fingerprint density at radius 1 is 1.44 bits per heavy atom. The summed E-state index contributed by atoms with van der Waals surface area (Å²) in [5.41, 5.74) is 7.32. The predicted molar refractivity (Wildman–Crippen MR) is 76.5 cm³/mol. The summed E-state index contributed by atoms with van der Waals surface area (Å²) < 4.78 is 5.77. The molecule has 0 aromatic heterocycles. The van der Waals surface area contributed by atoms with Crippen molar-refractivity contribution in [3.63, 3.8) is 0 Å². The molecule has 18 heavy (non-hydrogen) atoms. The summed E-state index contributed by atoms with van der Waals surface area (Å²) in [6.07, 6.45) is 0.402. The van der Waals surface area contributed by atoms with E-state index in [9.17, 15) is 4.79 Å². The molecule has 0 saturated carbocycles. The van der Waals surface area contributed by atoms with Crippen LogP contribution in [0.4, 0.5) is 11.4 Å². The molecule has 1 aromatic carbocycles. The van der Waals surface area contributed by atoms with E-state index in [0.29, 0.717) is 31.8 Å². The molecule has 0 aliphatic carbocycles. The smallest absolute Gasteiger partial charge is 0.221 e. The highest BCUT2D eigenvalue weighted by Crippen LogP contribution is 2.22. The molecule has 4 N–H and O–H groups in total. The van der Waals surface area contributed by atoms with Crippen molar-refractivity contribution in [2.24, 2.45) is 0 Å². The summed E-state index contributed by atoms with van der Waals surface area (Å²) in [5, 5.41) is 5.87. The molecule has 0 heterocycles. The maximum absolute atomic E-state index is 11.4. The summed E-state index contributed by atoms with van der Waals surface area (Å²) in [5.74, 6) is -0.00441. The average molecular weight is 316 g/mol. The highest BCUT2D eigenvalue weighted by Gasteiger charge is 2.02. The minimum absolute atomic E-state index is 0.00441. The molecule has 5 nitrogen and oxygen atoms in total. The molecular weight excluding hydrogens is 298 g/mol. The van der Waals surface area contributed by atoms with Crippen molar-refractivity contribution in [3.8, 4) is 0 Å². The van der Waals surface area contributed by atoms with Gasteiger partial charge in [0.2, 0.25) is 5.91 Å². The Bertz CT molecular complexity index is 399. The molecule has 6 heteroatoms. The highest BCUT2D eigenvalue weighted by molar-refractivity contribution is 9.10. The standard InChI is InChI=1S/C12H18BrN3O2/c1-18-7-6-16-12(17)4-5-15-11-3-2-9(13)8-10(11)14/h2-3,8,15H,4-7,14H2,1H3,(H,16,17). The third-order valence-electron chi connectivity index (χ3n) is 2.31. The fourth-order valence-electron chi connectivity index (χ4n) is 1.39.